The number of aliphatic hydroxyl groups is 1. The third-order valence-electron chi connectivity index (χ3n) is 6.24. The van der Waals surface area contributed by atoms with Crippen LogP contribution in [-0.4, -0.2) is 30.0 Å². The fourth-order valence-electron chi connectivity index (χ4n) is 4.50. The number of hydrogen-bond acceptors (Lipinski definition) is 5. The van der Waals surface area contributed by atoms with Gasteiger partial charge in [-0.3, -0.25) is 14.5 Å². The van der Waals surface area contributed by atoms with Gasteiger partial charge in [0.05, 0.1) is 24.8 Å². The van der Waals surface area contributed by atoms with E-state index in [1.807, 2.05) is 52.0 Å². The maximum Gasteiger partial charge on any atom is 0.300 e. The Hall–Kier alpha value is -4.06. The molecule has 6 nitrogen and oxygen atoms in total. The first-order chi connectivity index (χ1) is 17.4. The molecule has 1 saturated heterocycles. The van der Waals surface area contributed by atoms with Crippen LogP contribution < -0.4 is 14.4 Å². The smallest absolute Gasteiger partial charge is 0.300 e. The first-order valence-corrected chi connectivity index (χ1v) is 12.2. The summed E-state index contributed by atoms with van der Waals surface area (Å²) < 4.78 is 11.4. The number of carbonyl (C=O) groups is 2. The van der Waals surface area contributed by atoms with Gasteiger partial charge in [0.2, 0.25) is 0 Å². The van der Waals surface area contributed by atoms with Crippen LogP contribution in [0, 0.1) is 13.8 Å². The summed E-state index contributed by atoms with van der Waals surface area (Å²) in [5.41, 5.74) is 3.53. The summed E-state index contributed by atoms with van der Waals surface area (Å²) in [5, 5.41) is 11.4. The normalized spacial score (nSPS) is 16.9. The third kappa shape index (κ3) is 4.71. The molecule has 6 heteroatoms. The van der Waals surface area contributed by atoms with Crippen LogP contribution in [0.15, 0.2) is 72.3 Å². The number of carbonyl (C=O) groups excluding carboxylic acids is 2. The Labute approximate surface area is 211 Å². The second kappa shape index (κ2) is 10.7. The van der Waals surface area contributed by atoms with E-state index in [0.29, 0.717) is 30.2 Å². The first-order valence-electron chi connectivity index (χ1n) is 12.2. The Bertz CT molecular complexity index is 1330. The van der Waals surface area contributed by atoms with Crippen molar-refractivity contribution in [2.24, 2.45) is 0 Å². The van der Waals surface area contributed by atoms with Crippen molar-refractivity contribution in [2.75, 3.05) is 18.1 Å². The molecule has 36 heavy (non-hydrogen) atoms. The highest BCUT2D eigenvalue weighted by atomic mass is 16.5. The molecule has 1 heterocycles. The molecule has 3 aromatic rings. The van der Waals surface area contributed by atoms with Crippen molar-refractivity contribution in [3.05, 3.63) is 94.6 Å². The minimum atomic E-state index is -0.792. The Morgan fingerprint density at radius 3 is 2.39 bits per heavy atom. The van der Waals surface area contributed by atoms with Gasteiger partial charge >= 0.3 is 0 Å². The van der Waals surface area contributed by atoms with Crippen LogP contribution in [0.3, 0.4) is 0 Å². The monoisotopic (exact) mass is 485 g/mol. The summed E-state index contributed by atoms with van der Waals surface area (Å²) in [6.45, 7) is 8.79. The Kier molecular flexibility index (Phi) is 7.44. The van der Waals surface area contributed by atoms with E-state index < -0.39 is 17.7 Å². The fraction of sp³-hybridized carbons (Fsp3) is 0.267. The van der Waals surface area contributed by atoms with Gasteiger partial charge in [0.15, 0.2) is 0 Å². The molecule has 0 aliphatic carbocycles. The second-order valence-electron chi connectivity index (χ2n) is 8.78. The standard InChI is InChI=1S/C30H31NO5/c1-5-16-36-25-15-14-21(17-20(25)4)28(32)26-27(24-13-8-7-10-19(24)3)31(30(34)29(26)33)22-11-9-12-23(18-22)35-6-2/h7-15,17-18,27,32H,5-6,16H2,1-4H3/b28-26+. The Morgan fingerprint density at radius 1 is 0.917 bits per heavy atom. The SMILES string of the molecule is CCCOc1ccc(/C(O)=C2\C(=O)C(=O)N(c3cccc(OCC)c3)C2c2ccccc2C)cc1C. The molecule has 1 aliphatic heterocycles. The van der Waals surface area contributed by atoms with Crippen molar-refractivity contribution in [1.29, 1.82) is 0 Å². The topological polar surface area (TPSA) is 76.1 Å². The van der Waals surface area contributed by atoms with Crippen molar-refractivity contribution in [2.45, 2.75) is 40.2 Å². The highest BCUT2D eigenvalue weighted by Crippen LogP contribution is 2.44. The van der Waals surface area contributed by atoms with Crippen LogP contribution in [-0.2, 0) is 9.59 Å². The molecule has 0 radical (unpaired) electrons. The maximum absolute atomic E-state index is 13.4. The van der Waals surface area contributed by atoms with Gasteiger partial charge in [-0.15, -0.1) is 0 Å². The zero-order valence-electron chi connectivity index (χ0n) is 21.1. The van der Waals surface area contributed by atoms with Crippen molar-refractivity contribution in [3.8, 4) is 11.5 Å². The summed E-state index contributed by atoms with van der Waals surface area (Å²) in [6, 6.07) is 19.1. The molecule has 1 amide bonds. The van der Waals surface area contributed by atoms with E-state index in [0.717, 1.165) is 28.9 Å². The van der Waals surface area contributed by atoms with Gasteiger partial charge in [-0.1, -0.05) is 37.3 Å². The fourth-order valence-corrected chi connectivity index (χ4v) is 4.50. The number of benzene rings is 3. The molecular weight excluding hydrogens is 454 g/mol. The van der Waals surface area contributed by atoms with E-state index in [2.05, 4.69) is 0 Å². The predicted octanol–water partition coefficient (Wildman–Crippen LogP) is 6.12. The summed E-state index contributed by atoms with van der Waals surface area (Å²) in [6.07, 6.45) is 0.880. The maximum atomic E-state index is 13.4. The lowest BCUT2D eigenvalue weighted by atomic mass is 9.92. The van der Waals surface area contributed by atoms with Gasteiger partial charge in [0.1, 0.15) is 17.3 Å². The molecule has 0 aromatic heterocycles. The third-order valence-corrected chi connectivity index (χ3v) is 6.24. The number of hydrogen-bond donors (Lipinski definition) is 1. The van der Waals surface area contributed by atoms with Crippen LogP contribution in [0.2, 0.25) is 0 Å². The van der Waals surface area contributed by atoms with E-state index in [-0.39, 0.29) is 11.3 Å². The van der Waals surface area contributed by atoms with Gasteiger partial charge < -0.3 is 14.6 Å². The predicted molar refractivity (Wildman–Crippen MR) is 141 cm³/mol. The molecule has 1 N–H and O–H groups in total. The quantitative estimate of drug-likeness (QED) is 0.236. The number of nitrogens with zero attached hydrogens (tertiary/aromatic N) is 1. The van der Waals surface area contributed by atoms with Crippen LogP contribution in [0.5, 0.6) is 11.5 Å². The number of anilines is 1. The Balaban J connectivity index is 1.89. The summed E-state index contributed by atoms with van der Waals surface area (Å²) in [5.74, 6) is -0.324. The van der Waals surface area contributed by atoms with Crippen molar-refractivity contribution >= 4 is 23.1 Å². The molecule has 0 bridgehead atoms. The van der Waals surface area contributed by atoms with Crippen molar-refractivity contribution in [1.82, 2.24) is 0 Å². The van der Waals surface area contributed by atoms with Gasteiger partial charge in [-0.05, 0) is 74.2 Å². The summed E-state index contributed by atoms with van der Waals surface area (Å²) >= 11 is 0. The molecule has 1 unspecified atom stereocenters. The first kappa shape index (κ1) is 25.0. The minimum Gasteiger partial charge on any atom is -0.507 e. The average molecular weight is 486 g/mol. The lowest BCUT2D eigenvalue weighted by molar-refractivity contribution is -0.132. The second-order valence-corrected chi connectivity index (χ2v) is 8.78. The zero-order valence-corrected chi connectivity index (χ0v) is 21.1. The van der Waals surface area contributed by atoms with E-state index in [1.54, 1.807) is 42.5 Å². The molecule has 1 aliphatic rings. The van der Waals surface area contributed by atoms with E-state index in [4.69, 9.17) is 9.47 Å². The molecular formula is C30H31NO5. The van der Waals surface area contributed by atoms with E-state index in [9.17, 15) is 14.7 Å². The summed E-state index contributed by atoms with van der Waals surface area (Å²) in [4.78, 5) is 28.3. The molecule has 1 atom stereocenters. The molecule has 1 fully saturated rings. The number of ether oxygens (including phenoxy) is 2. The van der Waals surface area contributed by atoms with Crippen LogP contribution in [0.4, 0.5) is 5.69 Å². The van der Waals surface area contributed by atoms with E-state index in [1.165, 1.54) is 4.90 Å². The number of rotatable bonds is 8. The molecule has 0 spiro atoms. The number of amides is 1. The number of Topliss-reactive ketones (excluding diaryl/α,β-unsaturated/α-hetero) is 1. The van der Waals surface area contributed by atoms with Crippen molar-refractivity contribution < 1.29 is 24.2 Å². The van der Waals surface area contributed by atoms with Crippen molar-refractivity contribution in [3.63, 3.8) is 0 Å². The lowest BCUT2D eigenvalue weighted by Gasteiger charge is -2.27. The lowest BCUT2D eigenvalue weighted by Crippen LogP contribution is -2.29. The van der Waals surface area contributed by atoms with Gasteiger partial charge in [-0.2, -0.15) is 0 Å². The number of ketones is 1. The Morgan fingerprint density at radius 2 is 1.69 bits per heavy atom. The molecule has 3 aromatic carbocycles. The van der Waals surface area contributed by atoms with Gasteiger partial charge in [0.25, 0.3) is 11.7 Å². The van der Waals surface area contributed by atoms with Crippen LogP contribution in [0.1, 0.15) is 48.6 Å². The summed E-state index contributed by atoms with van der Waals surface area (Å²) in [7, 11) is 0. The largest absolute Gasteiger partial charge is 0.507 e. The van der Waals surface area contributed by atoms with Crippen LogP contribution >= 0.6 is 0 Å². The number of aliphatic hydroxyl groups excluding tert-OH is 1. The highest BCUT2D eigenvalue weighted by molar-refractivity contribution is 6.51. The number of aryl methyl sites for hydroxylation is 2. The van der Waals surface area contributed by atoms with Gasteiger partial charge in [0, 0.05) is 17.3 Å². The van der Waals surface area contributed by atoms with E-state index >= 15 is 0 Å². The minimum absolute atomic E-state index is 0.0535. The highest BCUT2D eigenvalue weighted by Gasteiger charge is 2.47. The molecule has 186 valence electrons. The molecule has 4 rings (SSSR count). The molecule has 0 saturated carbocycles. The zero-order chi connectivity index (χ0) is 25.8. The average Bonchev–Trinajstić information content (AvgIpc) is 3.13. The van der Waals surface area contributed by atoms with Crippen LogP contribution in [0.25, 0.3) is 5.76 Å². The van der Waals surface area contributed by atoms with Gasteiger partial charge in [-0.25, -0.2) is 0 Å².